The Kier molecular flexibility index (Phi) is 5.25. The van der Waals surface area contributed by atoms with Gasteiger partial charge in [0.05, 0.1) is 5.56 Å². The molecule has 16 heavy (non-hydrogen) atoms. The smallest absolute Gasteiger partial charge is 0.254 e. The van der Waals surface area contributed by atoms with Crippen LogP contribution in [0, 0.1) is 0 Å². The molecule has 0 spiro atoms. The minimum absolute atomic E-state index is 0.0150. The molecule has 0 unspecified atom stereocenters. The predicted molar refractivity (Wildman–Crippen MR) is 70.0 cm³/mol. The maximum absolute atomic E-state index is 12.0. The number of nitrogens with zero attached hydrogens (tertiary/aromatic N) is 1. The normalized spacial score (nSPS) is 10.2. The molecule has 0 atom stereocenters. The summed E-state index contributed by atoms with van der Waals surface area (Å²) in [6.45, 7) is 1.44. The van der Waals surface area contributed by atoms with Crippen LogP contribution < -0.4 is 5.32 Å². The number of carbonyl (C=O) groups excluding carboxylic acids is 1. The topological polar surface area (TPSA) is 32.3 Å². The number of hydrogen-bond donors (Lipinski definition) is 1. The molecular weight excluding hydrogens is 291 g/mol. The van der Waals surface area contributed by atoms with Crippen molar-refractivity contribution in [3.05, 3.63) is 33.3 Å². The predicted octanol–water partition coefficient (Wildman–Crippen LogP) is 2.39. The van der Waals surface area contributed by atoms with Crippen LogP contribution >= 0.6 is 27.5 Å². The summed E-state index contributed by atoms with van der Waals surface area (Å²) in [4.78, 5) is 13.7. The Balaban J connectivity index is 2.79. The van der Waals surface area contributed by atoms with Crippen molar-refractivity contribution >= 4 is 33.4 Å². The van der Waals surface area contributed by atoms with Crippen molar-refractivity contribution in [3.63, 3.8) is 0 Å². The van der Waals surface area contributed by atoms with Gasteiger partial charge in [-0.25, -0.2) is 0 Å². The lowest BCUT2D eigenvalue weighted by atomic mass is 10.2. The lowest BCUT2D eigenvalue weighted by Crippen LogP contribution is -2.32. The second-order valence-electron chi connectivity index (χ2n) is 3.45. The molecule has 0 aliphatic heterocycles. The Bertz CT molecular complexity index is 384. The standard InChI is InChI=1S/C11H14BrClN2O/c1-14-5-6-15(2)11(16)9-4-3-8(13)7-10(9)12/h3-4,7,14H,5-6H2,1-2H3. The van der Waals surface area contributed by atoms with Gasteiger partial charge in [0.25, 0.3) is 5.91 Å². The van der Waals surface area contributed by atoms with Gasteiger partial charge >= 0.3 is 0 Å². The Labute approximate surface area is 109 Å². The molecule has 0 saturated carbocycles. The first-order valence-corrected chi connectivity index (χ1v) is 6.08. The third kappa shape index (κ3) is 3.47. The Morgan fingerprint density at radius 1 is 1.56 bits per heavy atom. The van der Waals surface area contributed by atoms with Crippen molar-refractivity contribution in [2.45, 2.75) is 0 Å². The van der Waals surface area contributed by atoms with E-state index in [0.717, 1.165) is 11.0 Å². The van der Waals surface area contributed by atoms with Crippen LogP contribution in [0.4, 0.5) is 0 Å². The van der Waals surface area contributed by atoms with Crippen LogP contribution in [0.1, 0.15) is 10.4 Å². The van der Waals surface area contributed by atoms with Crippen molar-refractivity contribution in [1.82, 2.24) is 10.2 Å². The first-order chi connectivity index (χ1) is 7.56. The van der Waals surface area contributed by atoms with E-state index in [4.69, 9.17) is 11.6 Å². The second kappa shape index (κ2) is 6.23. The number of rotatable bonds is 4. The maximum atomic E-state index is 12.0. The third-order valence-corrected chi connectivity index (χ3v) is 3.10. The molecule has 5 heteroatoms. The van der Waals surface area contributed by atoms with Gasteiger partial charge in [0.2, 0.25) is 0 Å². The lowest BCUT2D eigenvalue weighted by Gasteiger charge is -2.17. The third-order valence-electron chi connectivity index (χ3n) is 2.21. The van der Waals surface area contributed by atoms with Gasteiger partial charge in [-0.05, 0) is 41.2 Å². The van der Waals surface area contributed by atoms with E-state index in [1.807, 2.05) is 7.05 Å². The second-order valence-corrected chi connectivity index (χ2v) is 4.75. The van der Waals surface area contributed by atoms with E-state index in [1.54, 1.807) is 30.1 Å². The summed E-state index contributed by atoms with van der Waals surface area (Å²) in [5.41, 5.74) is 0.628. The van der Waals surface area contributed by atoms with Crippen LogP contribution in [0.5, 0.6) is 0 Å². The largest absolute Gasteiger partial charge is 0.340 e. The molecule has 1 rings (SSSR count). The summed E-state index contributed by atoms with van der Waals surface area (Å²) in [5, 5.41) is 3.61. The molecule has 0 fully saturated rings. The van der Waals surface area contributed by atoms with E-state index < -0.39 is 0 Å². The summed E-state index contributed by atoms with van der Waals surface area (Å²) in [6, 6.07) is 5.16. The minimum Gasteiger partial charge on any atom is -0.340 e. The van der Waals surface area contributed by atoms with Crippen molar-refractivity contribution in [3.8, 4) is 0 Å². The van der Waals surface area contributed by atoms with Gasteiger partial charge in [-0.15, -0.1) is 0 Å². The SMILES string of the molecule is CNCCN(C)C(=O)c1ccc(Cl)cc1Br. The molecule has 3 nitrogen and oxygen atoms in total. The quantitative estimate of drug-likeness (QED) is 0.926. The zero-order valence-corrected chi connectivity index (χ0v) is 11.6. The zero-order valence-electron chi connectivity index (χ0n) is 9.26. The summed E-state index contributed by atoms with van der Waals surface area (Å²) >= 11 is 9.16. The monoisotopic (exact) mass is 304 g/mol. The lowest BCUT2D eigenvalue weighted by molar-refractivity contribution is 0.0796. The van der Waals surface area contributed by atoms with Crippen LogP contribution in [0.3, 0.4) is 0 Å². The molecule has 1 aromatic rings. The Hall–Kier alpha value is -0.580. The zero-order chi connectivity index (χ0) is 12.1. The molecule has 0 heterocycles. The van der Waals surface area contributed by atoms with Crippen LogP contribution in [0.15, 0.2) is 22.7 Å². The van der Waals surface area contributed by atoms with Crippen molar-refractivity contribution in [1.29, 1.82) is 0 Å². The van der Waals surface area contributed by atoms with Crippen LogP contribution in [-0.4, -0.2) is 38.0 Å². The fraction of sp³-hybridized carbons (Fsp3) is 0.364. The molecule has 0 aromatic heterocycles. The van der Waals surface area contributed by atoms with Crippen LogP contribution in [-0.2, 0) is 0 Å². The highest BCUT2D eigenvalue weighted by atomic mass is 79.9. The van der Waals surface area contributed by atoms with Crippen molar-refractivity contribution in [2.75, 3.05) is 27.2 Å². The molecular formula is C11H14BrClN2O. The number of nitrogens with one attached hydrogen (secondary N) is 1. The van der Waals surface area contributed by atoms with Gasteiger partial charge in [-0.1, -0.05) is 11.6 Å². The molecule has 1 amide bonds. The summed E-state index contributed by atoms with van der Waals surface area (Å²) in [7, 11) is 3.64. The summed E-state index contributed by atoms with van der Waals surface area (Å²) in [6.07, 6.45) is 0. The summed E-state index contributed by atoms with van der Waals surface area (Å²) in [5.74, 6) is -0.0150. The number of likely N-dealkylation sites (N-methyl/N-ethyl adjacent to an activating group) is 2. The van der Waals surface area contributed by atoms with Gasteiger partial charge in [0.15, 0.2) is 0 Å². The highest BCUT2D eigenvalue weighted by Gasteiger charge is 2.14. The molecule has 0 radical (unpaired) electrons. The molecule has 0 saturated heterocycles. The number of halogens is 2. The highest BCUT2D eigenvalue weighted by molar-refractivity contribution is 9.10. The van der Waals surface area contributed by atoms with E-state index in [9.17, 15) is 4.79 Å². The fourth-order valence-electron chi connectivity index (χ4n) is 1.25. The van der Waals surface area contributed by atoms with E-state index in [1.165, 1.54) is 0 Å². The molecule has 0 aliphatic rings. The van der Waals surface area contributed by atoms with Gasteiger partial charge in [-0.2, -0.15) is 0 Å². The average Bonchev–Trinajstić information content (AvgIpc) is 2.25. The van der Waals surface area contributed by atoms with Gasteiger partial charge in [0, 0.05) is 29.6 Å². The highest BCUT2D eigenvalue weighted by Crippen LogP contribution is 2.22. The van der Waals surface area contributed by atoms with E-state index >= 15 is 0 Å². The molecule has 0 aliphatic carbocycles. The number of carbonyl (C=O) groups is 1. The molecule has 1 aromatic carbocycles. The van der Waals surface area contributed by atoms with Crippen LogP contribution in [0.25, 0.3) is 0 Å². The molecule has 1 N–H and O–H groups in total. The summed E-state index contributed by atoms with van der Waals surface area (Å²) < 4.78 is 0.723. The number of amides is 1. The van der Waals surface area contributed by atoms with Crippen LogP contribution in [0.2, 0.25) is 5.02 Å². The Morgan fingerprint density at radius 3 is 2.81 bits per heavy atom. The van der Waals surface area contributed by atoms with E-state index in [-0.39, 0.29) is 5.91 Å². The first-order valence-electron chi connectivity index (χ1n) is 4.91. The molecule has 0 bridgehead atoms. The van der Waals surface area contributed by atoms with Gasteiger partial charge < -0.3 is 10.2 Å². The van der Waals surface area contributed by atoms with Gasteiger partial charge in [-0.3, -0.25) is 4.79 Å². The first kappa shape index (κ1) is 13.5. The van der Waals surface area contributed by atoms with Crippen molar-refractivity contribution < 1.29 is 4.79 Å². The van der Waals surface area contributed by atoms with Crippen molar-refractivity contribution in [2.24, 2.45) is 0 Å². The number of hydrogen-bond acceptors (Lipinski definition) is 2. The molecule has 88 valence electrons. The Morgan fingerprint density at radius 2 is 2.25 bits per heavy atom. The number of benzene rings is 1. The maximum Gasteiger partial charge on any atom is 0.254 e. The average molecular weight is 306 g/mol. The van der Waals surface area contributed by atoms with Gasteiger partial charge in [0.1, 0.15) is 0 Å². The minimum atomic E-state index is -0.0150. The van der Waals surface area contributed by atoms with E-state index in [0.29, 0.717) is 17.1 Å². The van der Waals surface area contributed by atoms with E-state index in [2.05, 4.69) is 21.2 Å². The fourth-order valence-corrected chi connectivity index (χ4v) is 2.10.